The summed E-state index contributed by atoms with van der Waals surface area (Å²) >= 11 is 0. The molecule has 1 aromatic carbocycles. The van der Waals surface area contributed by atoms with E-state index in [2.05, 4.69) is 48.6 Å². The van der Waals surface area contributed by atoms with E-state index in [0.717, 1.165) is 38.3 Å². The Balaban J connectivity index is 0.00000480. The molecule has 1 aliphatic rings. The summed E-state index contributed by atoms with van der Waals surface area (Å²) in [6.45, 7) is 10.8. The minimum Gasteiger partial charge on any atom is -0.484 e. The van der Waals surface area contributed by atoms with Crippen molar-refractivity contribution in [1.29, 1.82) is 0 Å². The Morgan fingerprint density at radius 1 is 1.19 bits per heavy atom. The topological polar surface area (TPSA) is 84.0 Å². The smallest absolute Gasteiger partial charge is 0.258 e. The molecular weight excluding hydrogens is 507 g/mol. The molecule has 0 saturated heterocycles. The molecule has 2 rings (SSSR count). The molecule has 1 aromatic rings. The molecule has 0 heterocycles. The number of guanidine groups is 1. The third kappa shape index (κ3) is 11.0. The lowest BCUT2D eigenvalue weighted by molar-refractivity contribution is -0.123. The average molecular weight is 546 g/mol. The van der Waals surface area contributed by atoms with E-state index in [-0.39, 0.29) is 48.0 Å². The molecule has 8 heteroatoms. The van der Waals surface area contributed by atoms with Crippen LogP contribution >= 0.6 is 24.0 Å². The molecule has 31 heavy (non-hydrogen) atoms. The van der Waals surface area contributed by atoms with Crippen LogP contribution in [0.1, 0.15) is 46.1 Å². The number of carbonyl (C=O) groups excluding carboxylic acids is 1. The van der Waals surface area contributed by atoms with Gasteiger partial charge in [-0.3, -0.25) is 9.79 Å². The van der Waals surface area contributed by atoms with Crippen LogP contribution < -0.4 is 20.7 Å². The number of nitrogens with zero attached hydrogens (tertiary/aromatic N) is 1. The van der Waals surface area contributed by atoms with Gasteiger partial charge < -0.3 is 25.4 Å². The maximum atomic E-state index is 11.7. The van der Waals surface area contributed by atoms with Crippen molar-refractivity contribution in [3.63, 3.8) is 0 Å². The first kappa shape index (κ1) is 27.5. The summed E-state index contributed by atoms with van der Waals surface area (Å²) in [6.07, 6.45) is 3.09. The summed E-state index contributed by atoms with van der Waals surface area (Å²) in [5, 5.41) is 9.57. The maximum absolute atomic E-state index is 11.7. The van der Waals surface area contributed by atoms with Gasteiger partial charge in [0.05, 0.1) is 12.6 Å². The fraction of sp³-hybridized carbons (Fsp3) is 0.652. The highest BCUT2D eigenvalue weighted by molar-refractivity contribution is 14.0. The zero-order valence-corrected chi connectivity index (χ0v) is 21.8. The molecule has 0 aliphatic heterocycles. The van der Waals surface area contributed by atoms with Crippen LogP contribution in [0.15, 0.2) is 29.3 Å². The summed E-state index contributed by atoms with van der Waals surface area (Å²) in [5.74, 6) is 1.45. The zero-order chi connectivity index (χ0) is 22.0. The van der Waals surface area contributed by atoms with E-state index >= 15 is 0 Å². The zero-order valence-electron chi connectivity index (χ0n) is 19.5. The standard InChI is InChI=1S/C23H38N4O3.HI/c1-6-24-22(26-15-20(29-5)23(2,3)4)25-14-13-17-7-11-19(12-8-17)30-16-21(28)27-18-9-10-18;/h7-8,11-12,18,20H,6,9-10,13-16H2,1-5H3,(H,27,28)(H2,24,25,26);1H. The summed E-state index contributed by atoms with van der Waals surface area (Å²) in [7, 11) is 1.73. The van der Waals surface area contributed by atoms with Crippen LogP contribution in [0.5, 0.6) is 5.75 Å². The van der Waals surface area contributed by atoms with Gasteiger partial charge in [-0.25, -0.2) is 0 Å². The molecule has 1 amide bonds. The molecule has 1 unspecified atom stereocenters. The average Bonchev–Trinajstić information content (AvgIpc) is 3.50. The van der Waals surface area contributed by atoms with Crippen LogP contribution in [-0.4, -0.2) is 57.4 Å². The van der Waals surface area contributed by atoms with E-state index in [1.54, 1.807) is 7.11 Å². The molecule has 1 saturated carbocycles. The second-order valence-corrected chi connectivity index (χ2v) is 8.76. The number of benzene rings is 1. The second-order valence-electron chi connectivity index (χ2n) is 8.76. The summed E-state index contributed by atoms with van der Waals surface area (Å²) in [4.78, 5) is 16.4. The van der Waals surface area contributed by atoms with E-state index in [4.69, 9.17) is 9.47 Å². The first-order chi connectivity index (χ1) is 14.3. The Morgan fingerprint density at radius 2 is 1.87 bits per heavy atom. The van der Waals surface area contributed by atoms with Gasteiger partial charge in [-0.2, -0.15) is 0 Å². The predicted molar refractivity (Wildman–Crippen MR) is 136 cm³/mol. The highest BCUT2D eigenvalue weighted by Gasteiger charge is 2.24. The molecule has 176 valence electrons. The van der Waals surface area contributed by atoms with Crippen molar-refractivity contribution in [3.8, 4) is 5.75 Å². The normalized spacial score (nSPS) is 14.9. The Labute approximate surface area is 204 Å². The number of amides is 1. The van der Waals surface area contributed by atoms with Gasteiger partial charge in [0.1, 0.15) is 5.75 Å². The number of ether oxygens (including phenoxy) is 2. The minimum atomic E-state index is -0.0526. The Kier molecular flexibility index (Phi) is 12.2. The number of rotatable bonds is 11. The fourth-order valence-electron chi connectivity index (χ4n) is 2.94. The lowest BCUT2D eigenvalue weighted by Crippen LogP contribution is -2.40. The van der Waals surface area contributed by atoms with Gasteiger partial charge in [0, 0.05) is 26.2 Å². The van der Waals surface area contributed by atoms with Gasteiger partial charge in [0.2, 0.25) is 0 Å². The Hall–Kier alpha value is -1.55. The number of methoxy groups -OCH3 is 1. The number of carbonyl (C=O) groups is 1. The first-order valence-corrected chi connectivity index (χ1v) is 10.9. The SMILES string of the molecule is CCNC(=NCC(OC)C(C)(C)C)NCCc1ccc(OCC(=O)NC2CC2)cc1.I. The van der Waals surface area contributed by atoms with Crippen molar-refractivity contribution in [3.05, 3.63) is 29.8 Å². The molecule has 0 spiro atoms. The highest BCUT2D eigenvalue weighted by atomic mass is 127. The van der Waals surface area contributed by atoms with Gasteiger partial charge in [-0.1, -0.05) is 32.9 Å². The number of hydrogen-bond donors (Lipinski definition) is 3. The van der Waals surface area contributed by atoms with Crippen LogP contribution in [0.25, 0.3) is 0 Å². The molecule has 3 N–H and O–H groups in total. The lowest BCUT2D eigenvalue weighted by atomic mass is 9.89. The molecule has 0 aromatic heterocycles. The molecule has 0 bridgehead atoms. The summed E-state index contributed by atoms with van der Waals surface area (Å²) in [5.41, 5.74) is 1.23. The van der Waals surface area contributed by atoms with E-state index in [1.165, 1.54) is 5.56 Å². The third-order valence-corrected chi connectivity index (χ3v) is 4.95. The number of hydrogen-bond acceptors (Lipinski definition) is 4. The van der Waals surface area contributed by atoms with Gasteiger partial charge in [-0.15, -0.1) is 24.0 Å². The molecule has 1 aliphatic carbocycles. The molecule has 1 atom stereocenters. The van der Waals surface area contributed by atoms with Crippen molar-refractivity contribution >= 4 is 35.8 Å². The van der Waals surface area contributed by atoms with Crippen LogP contribution in [0.2, 0.25) is 0 Å². The maximum Gasteiger partial charge on any atom is 0.258 e. The van der Waals surface area contributed by atoms with Gasteiger partial charge in [-0.05, 0) is 49.3 Å². The Bertz CT molecular complexity index is 685. The number of aliphatic imine (C=N–C) groups is 1. The quantitative estimate of drug-likeness (QED) is 0.226. The van der Waals surface area contributed by atoms with E-state index in [1.807, 2.05) is 24.3 Å². The van der Waals surface area contributed by atoms with Crippen molar-refractivity contribution in [2.75, 3.05) is 33.4 Å². The van der Waals surface area contributed by atoms with E-state index in [0.29, 0.717) is 18.3 Å². The van der Waals surface area contributed by atoms with Crippen LogP contribution in [0.4, 0.5) is 0 Å². The van der Waals surface area contributed by atoms with Crippen molar-refractivity contribution in [2.45, 2.75) is 59.1 Å². The van der Waals surface area contributed by atoms with Gasteiger partial charge >= 0.3 is 0 Å². The summed E-state index contributed by atoms with van der Waals surface area (Å²) < 4.78 is 11.1. The predicted octanol–water partition coefficient (Wildman–Crippen LogP) is 3.12. The van der Waals surface area contributed by atoms with Crippen molar-refractivity contribution < 1.29 is 14.3 Å². The van der Waals surface area contributed by atoms with E-state index < -0.39 is 0 Å². The third-order valence-electron chi connectivity index (χ3n) is 4.95. The van der Waals surface area contributed by atoms with Crippen LogP contribution in [0.3, 0.4) is 0 Å². The fourth-order valence-corrected chi connectivity index (χ4v) is 2.94. The molecule has 1 fully saturated rings. The lowest BCUT2D eigenvalue weighted by Gasteiger charge is -2.28. The summed E-state index contributed by atoms with van der Waals surface area (Å²) in [6, 6.07) is 8.23. The first-order valence-electron chi connectivity index (χ1n) is 10.9. The molecular formula is C23H39IN4O3. The van der Waals surface area contributed by atoms with Gasteiger partial charge in [0.15, 0.2) is 12.6 Å². The monoisotopic (exact) mass is 546 g/mol. The van der Waals surface area contributed by atoms with Crippen molar-refractivity contribution in [2.24, 2.45) is 10.4 Å². The number of nitrogens with one attached hydrogen (secondary N) is 3. The molecule has 0 radical (unpaired) electrons. The minimum absolute atomic E-state index is 0. The van der Waals surface area contributed by atoms with Gasteiger partial charge in [0.25, 0.3) is 5.91 Å². The van der Waals surface area contributed by atoms with Crippen molar-refractivity contribution in [1.82, 2.24) is 16.0 Å². The van der Waals surface area contributed by atoms with E-state index in [9.17, 15) is 4.79 Å². The van der Waals surface area contributed by atoms with Crippen LogP contribution in [0, 0.1) is 5.41 Å². The number of halogens is 1. The molecule has 7 nitrogen and oxygen atoms in total. The van der Waals surface area contributed by atoms with Crippen LogP contribution in [-0.2, 0) is 16.0 Å². The second kappa shape index (κ2) is 13.8. The largest absolute Gasteiger partial charge is 0.484 e. The highest BCUT2D eigenvalue weighted by Crippen LogP contribution is 2.22. The Morgan fingerprint density at radius 3 is 2.42 bits per heavy atom.